The summed E-state index contributed by atoms with van der Waals surface area (Å²) >= 11 is 0. The molecule has 0 bridgehead atoms. The maximum absolute atomic E-state index is 12.0. The van der Waals surface area contributed by atoms with Crippen molar-refractivity contribution in [3.05, 3.63) is 63.7 Å². The molecule has 118 valence electrons. The zero-order valence-electron chi connectivity index (χ0n) is 12.2. The van der Waals surface area contributed by atoms with Crippen LogP contribution in [0.5, 0.6) is 0 Å². The third-order valence-electron chi connectivity index (χ3n) is 3.53. The van der Waals surface area contributed by atoms with Crippen molar-refractivity contribution in [2.45, 2.75) is 18.4 Å². The minimum absolute atomic E-state index is 0.0138. The van der Waals surface area contributed by atoms with Crippen molar-refractivity contribution in [3.63, 3.8) is 0 Å². The van der Waals surface area contributed by atoms with Crippen LogP contribution in [0.4, 0.5) is 11.4 Å². The second kappa shape index (κ2) is 5.47. The lowest BCUT2D eigenvalue weighted by Crippen LogP contribution is -2.26. The van der Waals surface area contributed by atoms with Gasteiger partial charge < -0.3 is 4.90 Å². The van der Waals surface area contributed by atoms with Crippen molar-refractivity contribution in [1.29, 1.82) is 0 Å². The Hall–Kier alpha value is -2.74. The van der Waals surface area contributed by atoms with Crippen LogP contribution in [0, 0.1) is 17.0 Å². The predicted octanol–water partition coefficient (Wildman–Crippen LogP) is 2.64. The van der Waals surface area contributed by atoms with Crippen LogP contribution in [0.15, 0.2) is 51.8 Å². The van der Waals surface area contributed by atoms with Crippen LogP contribution in [0.25, 0.3) is 0 Å². The van der Waals surface area contributed by atoms with Crippen LogP contribution in [-0.4, -0.2) is 19.7 Å². The molecule has 1 heterocycles. The Morgan fingerprint density at radius 1 is 1.17 bits per heavy atom. The first-order chi connectivity index (χ1) is 10.9. The van der Waals surface area contributed by atoms with Gasteiger partial charge in [-0.3, -0.25) is 10.1 Å². The highest BCUT2D eigenvalue weighted by Gasteiger charge is 2.25. The summed E-state index contributed by atoms with van der Waals surface area (Å²) in [6.45, 7) is 2.25. The molecule has 2 aromatic rings. The number of nitro groups is 1. The molecule has 0 fully saturated rings. The summed E-state index contributed by atoms with van der Waals surface area (Å²) in [4.78, 5) is 12.1. The molecule has 0 spiro atoms. The molecule has 0 aromatic heterocycles. The fourth-order valence-electron chi connectivity index (χ4n) is 2.35. The topological polar surface area (TPSA) is 92.9 Å². The van der Waals surface area contributed by atoms with Crippen LogP contribution in [0.2, 0.25) is 0 Å². The van der Waals surface area contributed by atoms with E-state index < -0.39 is 14.9 Å². The molecule has 1 aliphatic rings. The van der Waals surface area contributed by atoms with Gasteiger partial charge in [-0.1, -0.05) is 18.2 Å². The highest BCUT2D eigenvalue weighted by molar-refractivity contribution is 7.90. The molecular formula is C15H13N3O4S. The first kappa shape index (κ1) is 15.2. The fraction of sp³-hybridized carbons (Fsp3) is 0.133. The average molecular weight is 331 g/mol. The molecule has 0 N–H and O–H groups in total. The van der Waals surface area contributed by atoms with Gasteiger partial charge in [-0.25, -0.2) is 0 Å². The number of aryl methyl sites for hydroxylation is 1. The number of hydrogen-bond donors (Lipinski definition) is 0. The summed E-state index contributed by atoms with van der Waals surface area (Å²) in [5.41, 5.74) is 2.31. The molecule has 0 aliphatic carbocycles. The van der Waals surface area contributed by atoms with Crippen molar-refractivity contribution >= 4 is 27.7 Å². The van der Waals surface area contributed by atoms with Crippen molar-refractivity contribution in [2.75, 3.05) is 4.90 Å². The minimum Gasteiger partial charge on any atom is -0.326 e. The SMILES string of the molecule is Cc1ccc2c(c1)N(Cc1ccc([N+](=O)[O-])cc1)C=NS2(=O)=O. The predicted molar refractivity (Wildman–Crippen MR) is 86.1 cm³/mol. The van der Waals surface area contributed by atoms with Crippen molar-refractivity contribution in [3.8, 4) is 0 Å². The van der Waals surface area contributed by atoms with Crippen LogP contribution >= 0.6 is 0 Å². The zero-order chi connectivity index (χ0) is 16.6. The smallest absolute Gasteiger partial charge is 0.285 e. The number of nitrogens with zero attached hydrogens (tertiary/aromatic N) is 3. The van der Waals surface area contributed by atoms with Gasteiger partial charge in [-0.2, -0.15) is 8.42 Å². The van der Waals surface area contributed by atoms with Gasteiger partial charge in [-0.15, -0.1) is 4.40 Å². The van der Waals surface area contributed by atoms with Gasteiger partial charge in [-0.05, 0) is 30.2 Å². The van der Waals surface area contributed by atoms with E-state index in [4.69, 9.17) is 0 Å². The Labute approximate surface area is 133 Å². The molecule has 0 saturated heterocycles. The first-order valence-electron chi connectivity index (χ1n) is 6.78. The van der Waals surface area contributed by atoms with Gasteiger partial charge in [0, 0.05) is 18.7 Å². The fourth-order valence-corrected chi connectivity index (χ4v) is 3.39. The van der Waals surface area contributed by atoms with E-state index in [1.54, 1.807) is 35.2 Å². The van der Waals surface area contributed by atoms with Crippen LogP contribution in [0.1, 0.15) is 11.1 Å². The van der Waals surface area contributed by atoms with Gasteiger partial charge in [0.05, 0.1) is 10.6 Å². The molecule has 0 atom stereocenters. The van der Waals surface area contributed by atoms with E-state index in [9.17, 15) is 18.5 Å². The average Bonchev–Trinajstić information content (AvgIpc) is 2.50. The van der Waals surface area contributed by atoms with Crippen molar-refractivity contribution < 1.29 is 13.3 Å². The number of fused-ring (bicyclic) bond motifs is 1. The van der Waals surface area contributed by atoms with Gasteiger partial charge in [0.15, 0.2) is 0 Å². The third-order valence-corrected chi connectivity index (χ3v) is 4.80. The molecule has 1 aliphatic heterocycles. The summed E-state index contributed by atoms with van der Waals surface area (Å²) in [5, 5.41) is 10.7. The molecule has 0 unspecified atom stereocenters. The Kier molecular flexibility index (Phi) is 3.61. The minimum atomic E-state index is -3.66. The molecule has 23 heavy (non-hydrogen) atoms. The molecular weight excluding hydrogens is 318 g/mol. The number of sulfonamides is 1. The number of benzene rings is 2. The molecule has 0 amide bonds. The lowest BCUT2D eigenvalue weighted by atomic mass is 10.1. The number of hydrogen-bond acceptors (Lipinski definition) is 5. The van der Waals surface area contributed by atoms with Crippen molar-refractivity contribution in [2.24, 2.45) is 4.40 Å². The Bertz CT molecular complexity index is 905. The second-order valence-corrected chi connectivity index (χ2v) is 6.82. The summed E-state index contributed by atoms with van der Waals surface area (Å²) in [6.07, 6.45) is 1.28. The van der Waals surface area contributed by atoms with E-state index in [-0.39, 0.29) is 10.6 Å². The maximum atomic E-state index is 12.0. The molecule has 0 saturated carbocycles. The molecule has 8 heteroatoms. The lowest BCUT2D eigenvalue weighted by Gasteiger charge is -2.25. The molecule has 0 radical (unpaired) electrons. The third kappa shape index (κ3) is 2.93. The summed E-state index contributed by atoms with van der Waals surface area (Å²) < 4.78 is 27.6. The summed E-state index contributed by atoms with van der Waals surface area (Å²) in [6, 6.07) is 11.2. The number of rotatable bonds is 3. The quantitative estimate of drug-likeness (QED) is 0.637. The van der Waals surface area contributed by atoms with Crippen molar-refractivity contribution in [1.82, 2.24) is 0 Å². The second-order valence-electron chi connectivity index (χ2n) is 5.22. The summed E-state index contributed by atoms with van der Waals surface area (Å²) in [7, 11) is -3.66. The standard InChI is InChI=1S/C15H13N3O4S/c1-11-2-7-15-14(8-11)17(10-16-23(15,21)22)9-12-3-5-13(6-4-12)18(19)20/h2-8,10H,9H2,1H3. The van der Waals surface area contributed by atoms with E-state index in [0.29, 0.717) is 12.2 Å². The molecule has 7 nitrogen and oxygen atoms in total. The lowest BCUT2D eigenvalue weighted by molar-refractivity contribution is -0.384. The van der Waals surface area contributed by atoms with Crippen LogP contribution in [0.3, 0.4) is 0 Å². The molecule has 3 rings (SSSR count). The highest BCUT2D eigenvalue weighted by Crippen LogP contribution is 2.31. The Balaban J connectivity index is 1.95. The van der Waals surface area contributed by atoms with E-state index in [0.717, 1.165) is 11.1 Å². The zero-order valence-corrected chi connectivity index (χ0v) is 13.0. The summed E-state index contributed by atoms with van der Waals surface area (Å²) in [5.74, 6) is 0. The van der Waals surface area contributed by atoms with Gasteiger partial charge >= 0.3 is 0 Å². The van der Waals surface area contributed by atoms with E-state index in [2.05, 4.69) is 4.40 Å². The van der Waals surface area contributed by atoms with Gasteiger partial charge in [0.25, 0.3) is 15.7 Å². The van der Waals surface area contributed by atoms with E-state index in [1.165, 1.54) is 18.5 Å². The Morgan fingerprint density at radius 3 is 2.52 bits per heavy atom. The highest BCUT2D eigenvalue weighted by atomic mass is 32.2. The van der Waals surface area contributed by atoms with E-state index >= 15 is 0 Å². The Morgan fingerprint density at radius 2 is 1.87 bits per heavy atom. The first-order valence-corrected chi connectivity index (χ1v) is 8.22. The largest absolute Gasteiger partial charge is 0.326 e. The van der Waals surface area contributed by atoms with E-state index in [1.807, 2.05) is 6.92 Å². The number of nitro benzene ring substituents is 1. The van der Waals surface area contributed by atoms with Crippen LogP contribution < -0.4 is 4.90 Å². The molecule has 2 aromatic carbocycles. The van der Waals surface area contributed by atoms with Crippen LogP contribution in [-0.2, 0) is 16.6 Å². The monoisotopic (exact) mass is 331 g/mol. The number of anilines is 1. The number of non-ortho nitro benzene ring substituents is 1. The maximum Gasteiger partial charge on any atom is 0.285 e. The normalized spacial score (nSPS) is 15.3. The van der Waals surface area contributed by atoms with Gasteiger partial charge in [0.1, 0.15) is 11.2 Å². The van der Waals surface area contributed by atoms with Gasteiger partial charge in [0.2, 0.25) is 0 Å².